The van der Waals surface area contributed by atoms with Gasteiger partial charge in [0.25, 0.3) is 5.91 Å². The van der Waals surface area contributed by atoms with E-state index in [1.165, 1.54) is 36.3 Å². The summed E-state index contributed by atoms with van der Waals surface area (Å²) in [6.45, 7) is 0.233. The van der Waals surface area contributed by atoms with Gasteiger partial charge in [0.2, 0.25) is 5.88 Å². The monoisotopic (exact) mass is 415 g/mol. The number of hydrogen-bond donors (Lipinski definition) is 2. The van der Waals surface area contributed by atoms with Gasteiger partial charge in [0.05, 0.1) is 42.2 Å². The zero-order valence-electron chi connectivity index (χ0n) is 15.7. The van der Waals surface area contributed by atoms with Crippen molar-refractivity contribution in [3.05, 3.63) is 71.7 Å². The van der Waals surface area contributed by atoms with Crippen molar-refractivity contribution in [2.24, 2.45) is 0 Å². The van der Waals surface area contributed by atoms with E-state index in [0.29, 0.717) is 28.2 Å². The van der Waals surface area contributed by atoms with E-state index in [9.17, 15) is 18.0 Å². The number of amides is 1. The molecule has 0 saturated heterocycles. The highest BCUT2D eigenvalue weighted by atomic mass is 19.4. The number of pyridine rings is 1. The topological polar surface area (TPSA) is 84.8 Å². The van der Waals surface area contributed by atoms with Crippen LogP contribution in [0.3, 0.4) is 0 Å². The third-order valence-corrected chi connectivity index (χ3v) is 4.48. The highest BCUT2D eigenvalue weighted by molar-refractivity contribution is 6.07. The number of anilines is 1. The van der Waals surface area contributed by atoms with E-state index in [-0.39, 0.29) is 12.5 Å². The molecular weight excluding hydrogens is 399 g/mol. The molecule has 4 rings (SSSR count). The zero-order chi connectivity index (χ0) is 21.3. The van der Waals surface area contributed by atoms with Gasteiger partial charge in [0.1, 0.15) is 5.52 Å². The first kappa shape index (κ1) is 19.5. The van der Waals surface area contributed by atoms with Crippen molar-refractivity contribution in [3.8, 4) is 5.88 Å². The minimum Gasteiger partial charge on any atom is -0.481 e. The molecule has 0 atom stereocenters. The maximum absolute atomic E-state index is 12.7. The number of carbonyl (C=O) groups excluding carboxylic acids is 1. The molecule has 0 fully saturated rings. The van der Waals surface area contributed by atoms with Crippen LogP contribution in [0.15, 0.2) is 55.0 Å². The molecule has 2 N–H and O–H groups in total. The number of carbonyl (C=O) groups is 1. The fraction of sp³-hybridized carbons (Fsp3) is 0.150. The average Bonchev–Trinajstić information content (AvgIpc) is 3.34. The Balaban J connectivity index is 1.47. The number of methoxy groups -OCH3 is 1. The van der Waals surface area contributed by atoms with Crippen molar-refractivity contribution in [2.45, 2.75) is 12.7 Å². The molecule has 4 aromatic rings. The molecule has 1 aromatic carbocycles. The lowest BCUT2D eigenvalue weighted by atomic mass is 10.1. The lowest BCUT2D eigenvalue weighted by Crippen LogP contribution is -2.11. The van der Waals surface area contributed by atoms with Gasteiger partial charge in [-0.25, -0.2) is 4.98 Å². The van der Waals surface area contributed by atoms with Gasteiger partial charge >= 0.3 is 6.18 Å². The van der Waals surface area contributed by atoms with Crippen LogP contribution in [-0.4, -0.2) is 32.8 Å². The van der Waals surface area contributed by atoms with Gasteiger partial charge in [-0.05, 0) is 23.8 Å². The third-order valence-electron chi connectivity index (χ3n) is 4.48. The van der Waals surface area contributed by atoms with Gasteiger partial charge in [0, 0.05) is 18.5 Å². The number of aromatic amines is 1. The molecular formula is C20H16F3N5O2. The van der Waals surface area contributed by atoms with Crippen molar-refractivity contribution in [2.75, 3.05) is 12.4 Å². The molecule has 0 aliphatic heterocycles. The second-order valence-electron chi connectivity index (χ2n) is 6.53. The van der Waals surface area contributed by atoms with E-state index < -0.39 is 11.7 Å². The van der Waals surface area contributed by atoms with Crippen LogP contribution in [0.2, 0.25) is 0 Å². The molecule has 0 aliphatic rings. The maximum Gasteiger partial charge on any atom is 0.416 e. The number of nitrogens with one attached hydrogen (secondary N) is 2. The van der Waals surface area contributed by atoms with Crippen molar-refractivity contribution >= 4 is 22.6 Å². The first-order valence-corrected chi connectivity index (χ1v) is 8.85. The molecule has 0 saturated carbocycles. The first-order chi connectivity index (χ1) is 14.3. The number of halogens is 3. The summed E-state index contributed by atoms with van der Waals surface area (Å²) in [6, 6.07) is 8.30. The molecule has 10 heteroatoms. The van der Waals surface area contributed by atoms with Crippen molar-refractivity contribution in [1.82, 2.24) is 19.7 Å². The van der Waals surface area contributed by atoms with Crippen LogP contribution in [0, 0.1) is 0 Å². The standard InChI is InChI=1S/C20H16F3N5O2/c1-30-17-7-6-15-18(27-17)16(9-24-15)26-19(29)13-8-25-28(11-13)10-12-2-4-14(5-3-12)20(21,22)23/h2-9,11,24H,10H2,1H3,(H,26,29). The maximum atomic E-state index is 12.7. The molecule has 7 nitrogen and oxygen atoms in total. The second kappa shape index (κ2) is 7.54. The Morgan fingerprint density at radius 1 is 1.20 bits per heavy atom. The number of fused-ring (bicyclic) bond motifs is 1. The summed E-state index contributed by atoms with van der Waals surface area (Å²) in [5.41, 5.74) is 2.01. The molecule has 154 valence electrons. The number of aromatic nitrogens is 4. The molecule has 30 heavy (non-hydrogen) atoms. The van der Waals surface area contributed by atoms with E-state index >= 15 is 0 Å². The smallest absolute Gasteiger partial charge is 0.416 e. The Labute approximate surface area is 168 Å². The van der Waals surface area contributed by atoms with Crippen molar-refractivity contribution in [1.29, 1.82) is 0 Å². The van der Waals surface area contributed by atoms with Crippen LogP contribution in [0.5, 0.6) is 5.88 Å². The van der Waals surface area contributed by atoms with E-state index in [1.807, 2.05) is 0 Å². The minimum absolute atomic E-state index is 0.233. The van der Waals surface area contributed by atoms with Gasteiger partial charge in [-0.2, -0.15) is 18.3 Å². The highest BCUT2D eigenvalue weighted by Crippen LogP contribution is 2.29. The number of rotatable bonds is 5. The molecule has 0 spiro atoms. The third kappa shape index (κ3) is 3.97. The van der Waals surface area contributed by atoms with Gasteiger partial charge in [-0.15, -0.1) is 0 Å². The largest absolute Gasteiger partial charge is 0.481 e. The van der Waals surface area contributed by atoms with Gasteiger partial charge in [-0.3, -0.25) is 9.48 Å². The SMILES string of the molecule is COc1ccc2[nH]cc(NC(=O)c3cnn(Cc4ccc(C(F)(F)F)cc4)c3)c2n1. The number of ether oxygens (including phenoxy) is 1. The Hall–Kier alpha value is -3.82. The molecule has 3 aromatic heterocycles. The van der Waals surface area contributed by atoms with Crippen molar-refractivity contribution < 1.29 is 22.7 Å². The van der Waals surface area contributed by atoms with E-state index in [0.717, 1.165) is 17.6 Å². The van der Waals surface area contributed by atoms with Crippen LogP contribution < -0.4 is 10.1 Å². The molecule has 0 aliphatic carbocycles. The molecule has 1 amide bonds. The summed E-state index contributed by atoms with van der Waals surface area (Å²) in [6.07, 6.45) is 0.163. The average molecular weight is 415 g/mol. The first-order valence-electron chi connectivity index (χ1n) is 8.85. The Bertz CT molecular complexity index is 1200. The second-order valence-corrected chi connectivity index (χ2v) is 6.53. The number of nitrogens with zero attached hydrogens (tertiary/aromatic N) is 3. The normalized spacial score (nSPS) is 11.6. The number of hydrogen-bond acceptors (Lipinski definition) is 4. The van der Waals surface area contributed by atoms with Gasteiger partial charge < -0.3 is 15.0 Å². The fourth-order valence-electron chi connectivity index (χ4n) is 2.94. The quantitative estimate of drug-likeness (QED) is 0.514. The van der Waals surface area contributed by atoms with Gasteiger partial charge in [-0.1, -0.05) is 12.1 Å². The molecule has 0 radical (unpaired) electrons. The lowest BCUT2D eigenvalue weighted by Gasteiger charge is -2.07. The summed E-state index contributed by atoms with van der Waals surface area (Å²) in [4.78, 5) is 19.9. The van der Waals surface area contributed by atoms with Crippen LogP contribution in [0.25, 0.3) is 11.0 Å². The van der Waals surface area contributed by atoms with Crippen LogP contribution in [0.1, 0.15) is 21.5 Å². The summed E-state index contributed by atoms with van der Waals surface area (Å²) in [7, 11) is 1.50. The number of H-pyrrole nitrogens is 1. The molecule has 3 heterocycles. The van der Waals surface area contributed by atoms with Crippen LogP contribution in [0.4, 0.5) is 18.9 Å². The summed E-state index contributed by atoms with van der Waals surface area (Å²) >= 11 is 0. The van der Waals surface area contributed by atoms with E-state index in [2.05, 4.69) is 20.4 Å². The zero-order valence-corrected chi connectivity index (χ0v) is 15.7. The predicted molar refractivity (Wildman–Crippen MR) is 103 cm³/mol. The number of alkyl halides is 3. The Morgan fingerprint density at radius 3 is 2.67 bits per heavy atom. The van der Waals surface area contributed by atoms with E-state index in [1.54, 1.807) is 18.3 Å². The summed E-state index contributed by atoms with van der Waals surface area (Å²) in [5, 5.41) is 6.88. The minimum atomic E-state index is -4.38. The Kier molecular flexibility index (Phi) is 4.90. The number of benzene rings is 1. The van der Waals surface area contributed by atoms with Crippen LogP contribution in [-0.2, 0) is 12.7 Å². The summed E-state index contributed by atoms with van der Waals surface area (Å²) in [5.74, 6) is 0.0288. The van der Waals surface area contributed by atoms with Crippen LogP contribution >= 0.6 is 0 Å². The summed E-state index contributed by atoms with van der Waals surface area (Å²) < 4.78 is 44.6. The lowest BCUT2D eigenvalue weighted by molar-refractivity contribution is -0.137. The fourth-order valence-corrected chi connectivity index (χ4v) is 2.94. The van der Waals surface area contributed by atoms with E-state index in [4.69, 9.17) is 4.74 Å². The highest BCUT2D eigenvalue weighted by Gasteiger charge is 2.29. The Morgan fingerprint density at radius 2 is 1.97 bits per heavy atom. The van der Waals surface area contributed by atoms with Gasteiger partial charge in [0.15, 0.2) is 0 Å². The molecule has 0 unspecified atom stereocenters. The van der Waals surface area contributed by atoms with Crippen molar-refractivity contribution in [3.63, 3.8) is 0 Å². The molecule has 0 bridgehead atoms. The predicted octanol–water partition coefficient (Wildman–Crippen LogP) is 4.09.